The summed E-state index contributed by atoms with van der Waals surface area (Å²) in [5.41, 5.74) is 1.05. The number of nitrogens with zero attached hydrogens (tertiary/aromatic N) is 4. The maximum Gasteiger partial charge on any atom is 0.246 e. The van der Waals surface area contributed by atoms with Crippen molar-refractivity contribution in [3.05, 3.63) is 65.5 Å². The van der Waals surface area contributed by atoms with Crippen molar-refractivity contribution in [3.8, 4) is 5.69 Å². The Morgan fingerprint density at radius 1 is 1.06 bits per heavy atom. The summed E-state index contributed by atoms with van der Waals surface area (Å²) >= 11 is 0. The lowest BCUT2D eigenvalue weighted by molar-refractivity contribution is -0.0856. The van der Waals surface area contributed by atoms with Crippen LogP contribution in [0.1, 0.15) is 25.4 Å². The van der Waals surface area contributed by atoms with Crippen LogP contribution in [0, 0.1) is 18.6 Å². The molecule has 0 amide bonds. The Morgan fingerprint density at radius 3 is 2.44 bits per heavy atom. The van der Waals surface area contributed by atoms with Crippen LogP contribution in [0.15, 0.2) is 42.7 Å². The quantitative estimate of drug-likeness (QED) is 0.627. The van der Waals surface area contributed by atoms with Gasteiger partial charge in [0.25, 0.3) is 0 Å². The fourth-order valence-electron chi connectivity index (χ4n) is 4.33. The molecule has 0 atom stereocenters. The van der Waals surface area contributed by atoms with Crippen LogP contribution < -0.4 is 5.32 Å². The third-order valence-electron chi connectivity index (χ3n) is 6.18. The Bertz CT molecular complexity index is 1110. The van der Waals surface area contributed by atoms with Crippen LogP contribution in [0.25, 0.3) is 5.69 Å². The fourth-order valence-corrected chi connectivity index (χ4v) is 4.33. The zero-order valence-electron chi connectivity index (χ0n) is 17.7. The molecule has 2 aliphatic heterocycles. The molecule has 3 aromatic rings. The Morgan fingerprint density at radius 2 is 1.78 bits per heavy atom. The van der Waals surface area contributed by atoms with Crippen LogP contribution in [0.5, 0.6) is 0 Å². The van der Waals surface area contributed by atoms with Gasteiger partial charge in [-0.25, -0.2) is 17.9 Å². The average Bonchev–Trinajstić information content (AvgIpc) is 3.16. The van der Waals surface area contributed by atoms with Gasteiger partial charge in [0.05, 0.1) is 24.9 Å². The van der Waals surface area contributed by atoms with Crippen molar-refractivity contribution >= 4 is 11.6 Å². The summed E-state index contributed by atoms with van der Waals surface area (Å²) in [7, 11) is 0. The largest absolute Gasteiger partial charge is 0.378 e. The number of piperidine rings is 1. The first kappa shape index (κ1) is 21.0. The van der Waals surface area contributed by atoms with Gasteiger partial charge in [-0.05, 0) is 55.2 Å². The minimum Gasteiger partial charge on any atom is -0.378 e. The minimum atomic E-state index is -1.39. The smallest absolute Gasteiger partial charge is 0.246 e. The van der Waals surface area contributed by atoms with Crippen LogP contribution in [0.3, 0.4) is 0 Å². The molecule has 0 spiro atoms. The van der Waals surface area contributed by atoms with Crippen molar-refractivity contribution in [3.63, 3.8) is 0 Å². The van der Waals surface area contributed by atoms with E-state index in [1.54, 1.807) is 6.07 Å². The number of likely N-dealkylation sites (tertiary alicyclic amines) is 1. The molecule has 0 aliphatic carbocycles. The monoisotopic (exact) mass is 445 g/mol. The molecular formula is C23H26F3N5O. The molecule has 0 unspecified atom stereocenters. The van der Waals surface area contributed by atoms with Gasteiger partial charge < -0.3 is 10.1 Å². The highest BCUT2D eigenvalue weighted by atomic mass is 19.1. The summed E-state index contributed by atoms with van der Waals surface area (Å²) < 4.78 is 49.4. The second kappa shape index (κ2) is 8.22. The maximum absolute atomic E-state index is 15.9. The molecular weight excluding hydrogens is 419 g/mol. The van der Waals surface area contributed by atoms with Gasteiger partial charge in [-0.3, -0.25) is 4.90 Å². The molecule has 2 saturated heterocycles. The lowest BCUT2D eigenvalue weighted by Crippen LogP contribution is -2.53. The number of anilines is 2. The normalized spacial score (nSPS) is 19.0. The van der Waals surface area contributed by atoms with Gasteiger partial charge in [-0.2, -0.15) is 4.98 Å². The maximum atomic E-state index is 15.9. The first-order valence-corrected chi connectivity index (χ1v) is 10.7. The number of nitrogens with one attached hydrogen (secondary N) is 1. The van der Waals surface area contributed by atoms with E-state index in [2.05, 4.69) is 20.3 Å². The Balaban J connectivity index is 0.00000259. The van der Waals surface area contributed by atoms with Gasteiger partial charge in [0.2, 0.25) is 5.95 Å². The van der Waals surface area contributed by atoms with Crippen molar-refractivity contribution in [2.45, 2.75) is 31.5 Å². The minimum absolute atomic E-state index is 0. The van der Waals surface area contributed by atoms with E-state index in [1.807, 2.05) is 19.1 Å². The summed E-state index contributed by atoms with van der Waals surface area (Å²) in [5.74, 6) is -1.14. The summed E-state index contributed by atoms with van der Waals surface area (Å²) in [6.07, 6.45) is 2.23. The van der Waals surface area contributed by atoms with Gasteiger partial charge in [-0.15, -0.1) is 5.10 Å². The number of hydrogen-bond donors (Lipinski definition) is 1. The Labute approximate surface area is 185 Å². The number of aryl methyl sites for hydroxylation is 1. The molecule has 6 nitrogen and oxygen atoms in total. The zero-order valence-corrected chi connectivity index (χ0v) is 17.7. The van der Waals surface area contributed by atoms with Gasteiger partial charge in [-0.1, -0.05) is 6.07 Å². The van der Waals surface area contributed by atoms with E-state index in [1.165, 1.54) is 23.1 Å². The summed E-state index contributed by atoms with van der Waals surface area (Å²) in [6, 6.07) is 9.11. The van der Waals surface area contributed by atoms with E-state index in [0.717, 1.165) is 24.8 Å². The molecule has 2 aromatic carbocycles. The van der Waals surface area contributed by atoms with Gasteiger partial charge >= 0.3 is 0 Å². The predicted molar refractivity (Wildman–Crippen MR) is 116 cm³/mol. The van der Waals surface area contributed by atoms with Crippen molar-refractivity contribution in [2.24, 2.45) is 0 Å². The Hall–Kier alpha value is -2.91. The molecule has 1 aromatic heterocycles. The molecule has 9 heteroatoms. The predicted octanol–water partition coefficient (Wildman–Crippen LogP) is 4.50. The van der Waals surface area contributed by atoms with Gasteiger partial charge in [0.15, 0.2) is 0 Å². The molecule has 0 bridgehead atoms. The van der Waals surface area contributed by atoms with E-state index in [9.17, 15) is 8.78 Å². The number of aromatic nitrogens is 3. The number of ether oxygens (including phenoxy) is 1. The van der Waals surface area contributed by atoms with Crippen molar-refractivity contribution < 1.29 is 19.3 Å². The number of halogens is 3. The van der Waals surface area contributed by atoms with Gasteiger partial charge in [0, 0.05) is 26.3 Å². The standard InChI is InChI=1S/C23H24F3N5O.H2/c1-15-6-16(23(26)2-4-30(5-3-23)21-12-32-13-21)8-19(7-15)28-22-27-14-31(29-22)20-10-17(24)9-18(25)11-20;/h6-11,14,21H,2-5,12-13H2,1H3,(H,28,29);1H. The summed E-state index contributed by atoms with van der Waals surface area (Å²) in [6.45, 7) is 4.80. The first-order chi connectivity index (χ1) is 15.4. The SMILES string of the molecule is Cc1cc(Nc2ncn(-c3cc(F)cc(F)c3)n2)cc(C2(F)CCN(C3COC3)CC2)c1.[HH]. The van der Waals surface area contributed by atoms with E-state index in [4.69, 9.17) is 4.74 Å². The molecule has 1 N–H and O–H groups in total. The molecule has 2 aliphatic rings. The lowest BCUT2D eigenvalue weighted by atomic mass is 9.84. The average molecular weight is 445 g/mol. The number of hydrogen-bond acceptors (Lipinski definition) is 5. The number of benzene rings is 2. The molecule has 2 fully saturated rings. The van der Waals surface area contributed by atoms with Crippen molar-refractivity contribution in [1.82, 2.24) is 19.7 Å². The van der Waals surface area contributed by atoms with Crippen LogP contribution in [0.2, 0.25) is 0 Å². The number of alkyl halides is 1. The summed E-state index contributed by atoms with van der Waals surface area (Å²) in [5, 5.41) is 7.32. The molecule has 5 rings (SSSR count). The number of rotatable bonds is 5. The van der Waals surface area contributed by atoms with Gasteiger partial charge in [0.1, 0.15) is 23.6 Å². The fraction of sp³-hybridized carbons (Fsp3) is 0.391. The van der Waals surface area contributed by atoms with Crippen molar-refractivity contribution in [1.29, 1.82) is 0 Å². The highest BCUT2D eigenvalue weighted by Crippen LogP contribution is 2.39. The van der Waals surface area contributed by atoms with E-state index in [-0.39, 0.29) is 13.1 Å². The molecule has 3 heterocycles. The molecule has 0 saturated carbocycles. The van der Waals surface area contributed by atoms with E-state index >= 15 is 4.39 Å². The van der Waals surface area contributed by atoms with Crippen LogP contribution in [-0.4, -0.2) is 52.0 Å². The Kier molecular flexibility index (Phi) is 5.38. The highest BCUT2D eigenvalue weighted by molar-refractivity contribution is 5.57. The molecule has 0 radical (unpaired) electrons. The van der Waals surface area contributed by atoms with E-state index in [0.29, 0.717) is 43.2 Å². The van der Waals surface area contributed by atoms with Crippen LogP contribution in [-0.2, 0) is 10.4 Å². The summed E-state index contributed by atoms with van der Waals surface area (Å²) in [4.78, 5) is 6.47. The lowest BCUT2D eigenvalue weighted by Gasteiger charge is -2.43. The van der Waals surface area contributed by atoms with Crippen molar-refractivity contribution in [2.75, 3.05) is 31.6 Å². The molecule has 32 heavy (non-hydrogen) atoms. The van der Waals surface area contributed by atoms with Crippen LogP contribution in [0.4, 0.5) is 24.8 Å². The third-order valence-corrected chi connectivity index (χ3v) is 6.18. The second-order valence-electron chi connectivity index (χ2n) is 8.55. The third kappa shape index (κ3) is 4.22. The zero-order chi connectivity index (χ0) is 22.3. The van der Waals surface area contributed by atoms with E-state index < -0.39 is 17.3 Å². The van der Waals surface area contributed by atoms with Crippen LogP contribution >= 0.6 is 0 Å². The topological polar surface area (TPSA) is 55.2 Å². The molecule has 170 valence electrons. The highest BCUT2D eigenvalue weighted by Gasteiger charge is 2.39. The first-order valence-electron chi connectivity index (χ1n) is 10.7. The second-order valence-corrected chi connectivity index (χ2v) is 8.55.